The van der Waals surface area contributed by atoms with Gasteiger partial charge >= 0.3 is 6.02 Å². The molecule has 126 valence electrons. The summed E-state index contributed by atoms with van der Waals surface area (Å²) in [5.41, 5.74) is 0.978. The van der Waals surface area contributed by atoms with Crippen molar-refractivity contribution in [1.29, 1.82) is 0 Å². The van der Waals surface area contributed by atoms with Gasteiger partial charge in [0.2, 0.25) is 0 Å². The number of nitrogens with zero attached hydrogens (tertiary/aromatic N) is 2. The number of hydrogen-bond acceptors (Lipinski definition) is 3. The van der Waals surface area contributed by atoms with E-state index in [1.807, 2.05) is 37.3 Å². The topological polar surface area (TPSA) is 59.0 Å². The van der Waals surface area contributed by atoms with E-state index < -0.39 is 10.0 Å². The zero-order valence-electron chi connectivity index (χ0n) is 13.3. The van der Waals surface area contributed by atoms with Gasteiger partial charge in [-0.3, -0.25) is 0 Å². The molecular formula is C17H17ClN2O3S. The predicted molar refractivity (Wildman–Crippen MR) is 93.6 cm³/mol. The van der Waals surface area contributed by atoms with Crippen LogP contribution in [0, 0.1) is 0 Å². The van der Waals surface area contributed by atoms with Crippen molar-refractivity contribution < 1.29 is 13.2 Å². The van der Waals surface area contributed by atoms with Gasteiger partial charge < -0.3 is 9.64 Å². The van der Waals surface area contributed by atoms with Crippen LogP contribution in [0.1, 0.15) is 18.6 Å². The fourth-order valence-corrected chi connectivity index (χ4v) is 3.60. The molecule has 0 aliphatic carbocycles. The molecule has 2 aromatic carbocycles. The summed E-state index contributed by atoms with van der Waals surface area (Å²) in [7, 11) is -2.09. The van der Waals surface area contributed by atoms with E-state index in [4.69, 9.17) is 16.3 Å². The predicted octanol–water partition coefficient (Wildman–Crippen LogP) is 3.48. The average molecular weight is 365 g/mol. The third kappa shape index (κ3) is 3.25. The highest BCUT2D eigenvalue weighted by Crippen LogP contribution is 2.32. The Morgan fingerprint density at radius 2 is 1.71 bits per heavy atom. The van der Waals surface area contributed by atoms with Gasteiger partial charge in [-0.15, -0.1) is 4.40 Å². The molecule has 1 aliphatic rings. The Kier molecular flexibility index (Phi) is 4.51. The average Bonchev–Trinajstić information content (AvgIpc) is 2.84. The first-order chi connectivity index (χ1) is 11.4. The Hall–Kier alpha value is -2.05. The number of sulfonamides is 1. The van der Waals surface area contributed by atoms with Gasteiger partial charge in [-0.25, -0.2) is 0 Å². The highest BCUT2D eigenvalue weighted by Gasteiger charge is 2.37. The number of rotatable bonds is 3. The van der Waals surface area contributed by atoms with Crippen LogP contribution in [-0.2, 0) is 14.8 Å². The molecule has 1 fully saturated rings. The summed E-state index contributed by atoms with van der Waals surface area (Å²) in [6.07, 6.45) is -0.268. The normalized spacial score (nSPS) is 22.6. The molecule has 5 nitrogen and oxygen atoms in total. The van der Waals surface area contributed by atoms with Crippen molar-refractivity contribution in [2.24, 2.45) is 4.40 Å². The van der Waals surface area contributed by atoms with E-state index >= 15 is 0 Å². The Bertz CT molecular complexity index is 851. The quantitative estimate of drug-likeness (QED) is 0.836. The molecule has 0 N–H and O–H groups in total. The van der Waals surface area contributed by atoms with Gasteiger partial charge in [-0.2, -0.15) is 8.42 Å². The van der Waals surface area contributed by atoms with Crippen LogP contribution >= 0.6 is 11.6 Å². The summed E-state index contributed by atoms with van der Waals surface area (Å²) in [6, 6.07) is 15.6. The fraction of sp³-hybridized carbons (Fsp3) is 0.235. The highest BCUT2D eigenvalue weighted by molar-refractivity contribution is 7.90. The molecule has 2 unspecified atom stereocenters. The standard InChI is InChI=1S/C17H17ClN2O3S/c1-12-16(13-6-4-3-5-7-13)23-17(20(12)2)19-24(21,22)15-10-8-14(18)9-11-15/h3-12,16H,1-2H3/b19-17-. The van der Waals surface area contributed by atoms with Crippen LogP contribution in [0.2, 0.25) is 5.02 Å². The molecule has 0 saturated carbocycles. The van der Waals surface area contributed by atoms with Gasteiger partial charge in [-0.05, 0) is 36.8 Å². The Morgan fingerprint density at radius 1 is 1.08 bits per heavy atom. The third-order valence-electron chi connectivity index (χ3n) is 4.02. The number of likely N-dealkylation sites (N-methyl/N-ethyl adjacent to an activating group) is 1. The lowest BCUT2D eigenvalue weighted by molar-refractivity contribution is 0.203. The smallest absolute Gasteiger partial charge is 0.304 e. The molecular weight excluding hydrogens is 348 g/mol. The number of amidine groups is 1. The van der Waals surface area contributed by atoms with Crippen LogP contribution < -0.4 is 0 Å². The van der Waals surface area contributed by atoms with E-state index in [1.54, 1.807) is 11.9 Å². The van der Waals surface area contributed by atoms with Crippen LogP contribution in [0.3, 0.4) is 0 Å². The summed E-state index contributed by atoms with van der Waals surface area (Å²) in [5.74, 6) is 0. The fourth-order valence-electron chi connectivity index (χ4n) is 2.51. The Morgan fingerprint density at radius 3 is 2.33 bits per heavy atom. The van der Waals surface area contributed by atoms with E-state index in [-0.39, 0.29) is 23.1 Å². The van der Waals surface area contributed by atoms with Crippen LogP contribution in [0.25, 0.3) is 0 Å². The summed E-state index contributed by atoms with van der Waals surface area (Å²) in [6.45, 7) is 1.97. The Labute approximate surface area is 146 Å². The molecule has 0 radical (unpaired) electrons. The maximum absolute atomic E-state index is 12.5. The maximum Gasteiger partial charge on any atom is 0.304 e. The number of benzene rings is 2. The minimum absolute atomic E-state index is 0.0356. The first kappa shape index (κ1) is 16.8. The maximum atomic E-state index is 12.5. The van der Waals surface area contributed by atoms with Gasteiger partial charge in [0.15, 0.2) is 0 Å². The van der Waals surface area contributed by atoms with Crippen molar-refractivity contribution in [3.8, 4) is 0 Å². The van der Waals surface area contributed by atoms with Gasteiger partial charge in [0.25, 0.3) is 10.0 Å². The molecule has 24 heavy (non-hydrogen) atoms. The molecule has 2 aromatic rings. The molecule has 0 spiro atoms. The summed E-state index contributed by atoms with van der Waals surface area (Å²) < 4.78 is 34.6. The molecule has 1 heterocycles. The van der Waals surface area contributed by atoms with E-state index in [9.17, 15) is 8.42 Å². The van der Waals surface area contributed by atoms with E-state index in [1.165, 1.54) is 24.3 Å². The van der Waals surface area contributed by atoms with Gasteiger partial charge in [0.1, 0.15) is 6.10 Å². The minimum Gasteiger partial charge on any atom is -0.454 e. The van der Waals surface area contributed by atoms with Crippen LogP contribution in [0.5, 0.6) is 0 Å². The third-order valence-corrected chi connectivity index (χ3v) is 5.54. The van der Waals surface area contributed by atoms with E-state index in [2.05, 4.69) is 4.40 Å². The zero-order chi connectivity index (χ0) is 17.3. The molecule has 1 aliphatic heterocycles. The first-order valence-corrected chi connectivity index (χ1v) is 9.25. The van der Waals surface area contributed by atoms with E-state index in [0.29, 0.717) is 5.02 Å². The number of ether oxygens (including phenoxy) is 1. The second-order valence-corrected chi connectivity index (χ2v) is 7.64. The van der Waals surface area contributed by atoms with Crippen LogP contribution in [0.15, 0.2) is 63.9 Å². The minimum atomic E-state index is -3.86. The summed E-state index contributed by atoms with van der Waals surface area (Å²) in [4.78, 5) is 1.80. The number of hydrogen-bond donors (Lipinski definition) is 0. The van der Waals surface area contributed by atoms with Gasteiger partial charge in [-0.1, -0.05) is 41.9 Å². The SMILES string of the molecule is CC1C(c2ccccc2)O/C(=N\S(=O)(=O)c2ccc(Cl)cc2)N1C. The van der Waals surface area contributed by atoms with E-state index in [0.717, 1.165) is 5.56 Å². The molecule has 1 saturated heterocycles. The largest absolute Gasteiger partial charge is 0.454 e. The molecule has 0 amide bonds. The Balaban J connectivity index is 1.91. The number of halogens is 1. The van der Waals surface area contributed by atoms with Gasteiger partial charge in [0.05, 0.1) is 10.9 Å². The second-order valence-electron chi connectivity index (χ2n) is 5.60. The molecule has 3 rings (SSSR count). The lowest BCUT2D eigenvalue weighted by atomic mass is 10.0. The first-order valence-electron chi connectivity index (χ1n) is 7.43. The molecule has 7 heteroatoms. The monoisotopic (exact) mass is 364 g/mol. The summed E-state index contributed by atoms with van der Waals surface area (Å²) >= 11 is 5.80. The van der Waals surface area contributed by atoms with Crippen molar-refractivity contribution in [1.82, 2.24) is 4.90 Å². The highest BCUT2D eigenvalue weighted by atomic mass is 35.5. The van der Waals surface area contributed by atoms with Crippen molar-refractivity contribution in [2.45, 2.75) is 24.0 Å². The second kappa shape index (κ2) is 6.45. The van der Waals surface area contributed by atoms with Crippen molar-refractivity contribution in [3.05, 3.63) is 65.2 Å². The van der Waals surface area contributed by atoms with Crippen molar-refractivity contribution in [2.75, 3.05) is 7.05 Å². The summed E-state index contributed by atoms with van der Waals surface area (Å²) in [5, 5.41) is 0.466. The zero-order valence-corrected chi connectivity index (χ0v) is 14.8. The van der Waals surface area contributed by atoms with Crippen molar-refractivity contribution in [3.63, 3.8) is 0 Å². The van der Waals surface area contributed by atoms with Crippen molar-refractivity contribution >= 4 is 27.6 Å². The molecule has 0 aromatic heterocycles. The van der Waals surface area contributed by atoms with Crippen LogP contribution in [0.4, 0.5) is 0 Å². The van der Waals surface area contributed by atoms with Gasteiger partial charge in [0, 0.05) is 12.1 Å². The lowest BCUT2D eigenvalue weighted by Gasteiger charge is -2.17. The molecule has 0 bridgehead atoms. The van der Waals surface area contributed by atoms with Crippen LogP contribution in [-0.4, -0.2) is 32.4 Å². The molecule has 2 atom stereocenters. The lowest BCUT2D eigenvalue weighted by Crippen LogP contribution is -2.28.